The number of ether oxygens (including phenoxy) is 1. The topological polar surface area (TPSA) is 81.3 Å². The lowest BCUT2D eigenvalue weighted by molar-refractivity contribution is -0.141. The lowest BCUT2D eigenvalue weighted by Gasteiger charge is -2.34. The van der Waals surface area contributed by atoms with Gasteiger partial charge in [-0.2, -0.15) is 13.2 Å². The van der Waals surface area contributed by atoms with E-state index in [4.69, 9.17) is 10.5 Å². The zero-order valence-corrected chi connectivity index (χ0v) is 17.3. The van der Waals surface area contributed by atoms with Gasteiger partial charge in [-0.1, -0.05) is 12.1 Å². The summed E-state index contributed by atoms with van der Waals surface area (Å²) in [5.74, 6) is -0.935. The van der Waals surface area contributed by atoms with Crippen molar-refractivity contribution in [3.8, 4) is 16.9 Å². The minimum absolute atomic E-state index is 0.0921. The number of halogens is 4. The van der Waals surface area contributed by atoms with Gasteiger partial charge in [0.05, 0.1) is 11.9 Å². The number of aromatic nitrogens is 2. The van der Waals surface area contributed by atoms with E-state index in [1.807, 2.05) is 4.90 Å². The van der Waals surface area contributed by atoms with Gasteiger partial charge in [0.1, 0.15) is 29.1 Å². The Balaban J connectivity index is 1.51. The number of primary amides is 1. The number of pyridine rings is 2. The van der Waals surface area contributed by atoms with E-state index in [2.05, 4.69) is 9.97 Å². The summed E-state index contributed by atoms with van der Waals surface area (Å²) >= 11 is 0. The van der Waals surface area contributed by atoms with Crippen molar-refractivity contribution in [1.29, 1.82) is 0 Å². The van der Waals surface area contributed by atoms with Crippen LogP contribution in [-0.2, 0) is 6.18 Å². The number of alkyl halides is 3. The molecule has 0 aliphatic carbocycles. The maximum absolute atomic E-state index is 13.4. The van der Waals surface area contributed by atoms with E-state index >= 15 is 0 Å². The highest BCUT2D eigenvalue weighted by molar-refractivity contribution is 5.93. The lowest BCUT2D eigenvalue weighted by atomic mass is 10.0. The highest BCUT2D eigenvalue weighted by Crippen LogP contribution is 2.34. The van der Waals surface area contributed by atoms with E-state index in [9.17, 15) is 22.4 Å². The van der Waals surface area contributed by atoms with Crippen molar-refractivity contribution in [2.24, 2.45) is 5.73 Å². The summed E-state index contributed by atoms with van der Waals surface area (Å²) in [5, 5.41) is 0. The molecule has 0 saturated carbocycles. The van der Waals surface area contributed by atoms with Crippen LogP contribution < -0.4 is 15.4 Å². The van der Waals surface area contributed by atoms with Gasteiger partial charge in [-0.25, -0.2) is 9.37 Å². The summed E-state index contributed by atoms with van der Waals surface area (Å²) in [4.78, 5) is 21.2. The van der Waals surface area contributed by atoms with Crippen LogP contribution in [0.1, 0.15) is 29.0 Å². The summed E-state index contributed by atoms with van der Waals surface area (Å²) in [6.07, 6.45) is -1.05. The van der Waals surface area contributed by atoms with E-state index in [1.54, 1.807) is 24.4 Å². The van der Waals surface area contributed by atoms with Gasteiger partial charge < -0.3 is 15.4 Å². The molecule has 2 aromatic heterocycles. The molecule has 1 aromatic carbocycles. The molecule has 3 aromatic rings. The summed E-state index contributed by atoms with van der Waals surface area (Å²) in [6.45, 7) is 1.10. The highest BCUT2D eigenvalue weighted by Gasteiger charge is 2.33. The fourth-order valence-corrected chi connectivity index (χ4v) is 3.74. The van der Waals surface area contributed by atoms with Crippen LogP contribution in [0.5, 0.6) is 5.75 Å². The summed E-state index contributed by atoms with van der Waals surface area (Å²) < 4.78 is 57.8. The van der Waals surface area contributed by atoms with Gasteiger partial charge >= 0.3 is 6.18 Å². The number of carbonyl (C=O) groups is 1. The average molecular weight is 460 g/mol. The number of hydrogen-bond donors (Lipinski definition) is 1. The lowest BCUT2D eigenvalue weighted by Crippen LogP contribution is -2.38. The van der Waals surface area contributed by atoms with Gasteiger partial charge in [0, 0.05) is 43.8 Å². The molecule has 33 heavy (non-hydrogen) atoms. The van der Waals surface area contributed by atoms with Crippen molar-refractivity contribution >= 4 is 11.6 Å². The average Bonchev–Trinajstić information content (AvgIpc) is 2.79. The van der Waals surface area contributed by atoms with Crippen LogP contribution in [0.3, 0.4) is 0 Å². The fraction of sp³-hybridized carbons (Fsp3) is 0.261. The quantitative estimate of drug-likeness (QED) is 0.569. The van der Waals surface area contributed by atoms with Crippen LogP contribution in [-0.4, -0.2) is 35.1 Å². The molecule has 1 aliphatic rings. The second-order valence-corrected chi connectivity index (χ2v) is 7.64. The van der Waals surface area contributed by atoms with Crippen molar-refractivity contribution in [1.82, 2.24) is 9.97 Å². The first-order valence-electron chi connectivity index (χ1n) is 10.2. The largest absolute Gasteiger partial charge is 0.490 e. The van der Waals surface area contributed by atoms with Gasteiger partial charge in [-0.05, 0) is 29.8 Å². The highest BCUT2D eigenvalue weighted by atomic mass is 19.4. The predicted octanol–water partition coefficient (Wildman–Crippen LogP) is 4.45. The standard InChI is InChI=1S/C23H20F4N4O2/c24-15-3-1-14(2-4-15)18-12-19(22(28)32)30-13-20(18)31-9-6-16(7-10-31)33-17-5-8-29-21(11-17)23(25,26)27/h1-5,8,11-13,16H,6-7,9-10H2,(H2,28,32). The zero-order valence-electron chi connectivity index (χ0n) is 17.3. The molecule has 4 rings (SSSR count). The van der Waals surface area contributed by atoms with Crippen LogP contribution in [0.25, 0.3) is 11.1 Å². The normalized spacial score (nSPS) is 14.8. The Morgan fingerprint density at radius 2 is 1.76 bits per heavy atom. The first kappa shape index (κ1) is 22.5. The number of amides is 1. The molecular formula is C23H20F4N4O2. The molecule has 10 heteroatoms. The number of anilines is 1. The Kier molecular flexibility index (Phi) is 6.17. The number of rotatable bonds is 5. The minimum Gasteiger partial charge on any atom is -0.490 e. The number of hydrogen-bond acceptors (Lipinski definition) is 5. The summed E-state index contributed by atoms with van der Waals surface area (Å²) in [6, 6.07) is 9.74. The maximum atomic E-state index is 13.4. The van der Waals surface area contributed by atoms with Crippen molar-refractivity contribution < 1.29 is 27.1 Å². The molecule has 1 saturated heterocycles. The van der Waals surface area contributed by atoms with E-state index in [-0.39, 0.29) is 23.4 Å². The van der Waals surface area contributed by atoms with Crippen molar-refractivity contribution in [2.45, 2.75) is 25.1 Å². The maximum Gasteiger partial charge on any atom is 0.433 e. The van der Waals surface area contributed by atoms with Crippen LogP contribution in [0, 0.1) is 5.82 Å². The number of benzene rings is 1. The third-order valence-corrected chi connectivity index (χ3v) is 5.40. The molecule has 172 valence electrons. The minimum atomic E-state index is -4.54. The number of piperidine rings is 1. The SMILES string of the molecule is NC(=O)c1cc(-c2ccc(F)cc2)c(N2CCC(Oc3ccnc(C(F)(F)F)c3)CC2)cn1. The predicted molar refractivity (Wildman–Crippen MR) is 113 cm³/mol. The Morgan fingerprint density at radius 3 is 2.39 bits per heavy atom. The summed E-state index contributed by atoms with van der Waals surface area (Å²) in [7, 11) is 0. The Morgan fingerprint density at radius 1 is 1.06 bits per heavy atom. The third kappa shape index (κ3) is 5.21. The molecule has 0 unspecified atom stereocenters. The van der Waals surface area contributed by atoms with Crippen molar-refractivity contribution in [2.75, 3.05) is 18.0 Å². The van der Waals surface area contributed by atoms with E-state index < -0.39 is 17.8 Å². The zero-order chi connectivity index (χ0) is 23.6. The smallest absolute Gasteiger partial charge is 0.433 e. The van der Waals surface area contributed by atoms with Crippen molar-refractivity contribution in [3.05, 3.63) is 72.1 Å². The monoisotopic (exact) mass is 460 g/mol. The Labute approximate surface area is 187 Å². The van der Waals surface area contributed by atoms with E-state index in [0.29, 0.717) is 37.1 Å². The van der Waals surface area contributed by atoms with E-state index in [1.165, 1.54) is 18.2 Å². The molecule has 0 spiro atoms. The van der Waals surface area contributed by atoms with Crippen LogP contribution in [0.2, 0.25) is 0 Å². The van der Waals surface area contributed by atoms with Crippen LogP contribution >= 0.6 is 0 Å². The second-order valence-electron chi connectivity index (χ2n) is 7.64. The molecular weight excluding hydrogens is 440 g/mol. The Bertz CT molecular complexity index is 1140. The molecule has 3 heterocycles. The molecule has 6 nitrogen and oxygen atoms in total. The Hall–Kier alpha value is -3.69. The molecule has 1 fully saturated rings. The number of carbonyl (C=O) groups excluding carboxylic acids is 1. The molecule has 0 radical (unpaired) electrons. The van der Waals surface area contributed by atoms with Gasteiger partial charge in [-0.15, -0.1) is 0 Å². The fourth-order valence-electron chi connectivity index (χ4n) is 3.74. The second kappa shape index (κ2) is 9.05. The molecule has 1 amide bonds. The molecule has 1 aliphatic heterocycles. The van der Waals surface area contributed by atoms with E-state index in [0.717, 1.165) is 18.0 Å². The molecule has 0 bridgehead atoms. The molecule has 0 atom stereocenters. The van der Waals surface area contributed by atoms with Gasteiger partial charge in [0.15, 0.2) is 0 Å². The molecule has 2 N–H and O–H groups in total. The van der Waals surface area contributed by atoms with Crippen LogP contribution in [0.4, 0.5) is 23.2 Å². The van der Waals surface area contributed by atoms with Crippen molar-refractivity contribution in [3.63, 3.8) is 0 Å². The third-order valence-electron chi connectivity index (χ3n) is 5.40. The first-order chi connectivity index (χ1) is 15.7. The number of nitrogens with two attached hydrogens (primary N) is 1. The van der Waals surface area contributed by atoms with Gasteiger partial charge in [0.2, 0.25) is 0 Å². The summed E-state index contributed by atoms with van der Waals surface area (Å²) in [5.41, 5.74) is 6.60. The van der Waals surface area contributed by atoms with Gasteiger partial charge in [0.25, 0.3) is 5.91 Å². The van der Waals surface area contributed by atoms with Gasteiger partial charge in [-0.3, -0.25) is 9.78 Å². The first-order valence-corrected chi connectivity index (χ1v) is 10.2. The number of nitrogens with zero attached hydrogens (tertiary/aromatic N) is 3. The van der Waals surface area contributed by atoms with Crippen LogP contribution in [0.15, 0.2) is 54.9 Å².